The summed E-state index contributed by atoms with van der Waals surface area (Å²) in [6.07, 6.45) is 3.06. The Bertz CT molecular complexity index is 500. The summed E-state index contributed by atoms with van der Waals surface area (Å²) in [5.41, 5.74) is 2.12. The number of carbonyl (C=O) groups is 1. The van der Waals surface area contributed by atoms with E-state index in [1.54, 1.807) is 12.3 Å². The Kier molecular flexibility index (Phi) is 2.73. The molecule has 0 atom stereocenters. The van der Waals surface area contributed by atoms with Crippen LogP contribution in [0.15, 0.2) is 45.7 Å². The molecular formula is C12H9BrO2. The van der Waals surface area contributed by atoms with E-state index in [1.807, 2.05) is 25.1 Å². The summed E-state index contributed by atoms with van der Waals surface area (Å²) in [5.74, 6) is -0.0197. The third kappa shape index (κ3) is 1.88. The molecule has 1 aromatic heterocycles. The quantitative estimate of drug-likeness (QED) is 0.777. The lowest BCUT2D eigenvalue weighted by atomic mass is 10.0. The van der Waals surface area contributed by atoms with Crippen LogP contribution in [0.5, 0.6) is 0 Å². The second-order valence-electron chi connectivity index (χ2n) is 3.28. The fourth-order valence-corrected chi connectivity index (χ4v) is 1.85. The summed E-state index contributed by atoms with van der Waals surface area (Å²) >= 11 is 3.36. The number of hydrogen-bond acceptors (Lipinski definition) is 2. The molecule has 0 saturated carbocycles. The van der Waals surface area contributed by atoms with Gasteiger partial charge in [-0.15, -0.1) is 0 Å². The molecule has 0 N–H and O–H groups in total. The minimum atomic E-state index is -0.0197. The lowest BCUT2D eigenvalue weighted by Gasteiger charge is -2.01. The molecule has 0 aliphatic heterocycles. The smallest absolute Gasteiger partial charge is 0.197 e. The highest BCUT2D eigenvalue weighted by Gasteiger charge is 2.15. The van der Waals surface area contributed by atoms with Crippen molar-refractivity contribution >= 4 is 21.7 Å². The van der Waals surface area contributed by atoms with E-state index in [9.17, 15) is 4.79 Å². The molecule has 2 nitrogen and oxygen atoms in total. The Morgan fingerprint density at radius 2 is 1.93 bits per heavy atom. The highest BCUT2D eigenvalue weighted by Crippen LogP contribution is 2.21. The maximum Gasteiger partial charge on any atom is 0.197 e. The molecule has 0 saturated heterocycles. The highest BCUT2D eigenvalue weighted by molar-refractivity contribution is 9.10. The Morgan fingerprint density at radius 1 is 1.20 bits per heavy atom. The molecule has 3 heteroatoms. The van der Waals surface area contributed by atoms with Crippen LogP contribution in [0.2, 0.25) is 0 Å². The van der Waals surface area contributed by atoms with E-state index in [1.165, 1.54) is 6.26 Å². The zero-order valence-electron chi connectivity index (χ0n) is 8.16. The van der Waals surface area contributed by atoms with Gasteiger partial charge in [0.1, 0.15) is 6.26 Å². The molecule has 76 valence electrons. The second kappa shape index (κ2) is 4.03. The van der Waals surface area contributed by atoms with Gasteiger partial charge in [0, 0.05) is 10.0 Å². The molecule has 0 unspecified atom stereocenters. The first-order valence-corrected chi connectivity index (χ1v) is 5.31. The maximum atomic E-state index is 12.1. The Labute approximate surface area is 96.0 Å². The Hall–Kier alpha value is -1.35. The van der Waals surface area contributed by atoms with Gasteiger partial charge in [0.2, 0.25) is 0 Å². The third-order valence-electron chi connectivity index (χ3n) is 2.22. The third-order valence-corrected chi connectivity index (χ3v) is 2.91. The standard InChI is InChI=1S/C12H9BrO2/c1-8-6-15-7-10(8)12(14)9-4-2-3-5-11(9)13/h2-7H,1H3. The van der Waals surface area contributed by atoms with E-state index in [-0.39, 0.29) is 5.78 Å². The van der Waals surface area contributed by atoms with E-state index in [4.69, 9.17) is 4.42 Å². The van der Waals surface area contributed by atoms with Crippen LogP contribution in [-0.2, 0) is 0 Å². The van der Waals surface area contributed by atoms with Crippen LogP contribution < -0.4 is 0 Å². The molecule has 0 aliphatic carbocycles. The van der Waals surface area contributed by atoms with E-state index in [2.05, 4.69) is 15.9 Å². The van der Waals surface area contributed by atoms with Crippen LogP contribution in [0.3, 0.4) is 0 Å². The van der Waals surface area contributed by atoms with Gasteiger partial charge in [-0.2, -0.15) is 0 Å². The number of carbonyl (C=O) groups excluding carboxylic acids is 1. The van der Waals surface area contributed by atoms with Gasteiger partial charge in [-0.3, -0.25) is 4.79 Å². The predicted molar refractivity (Wildman–Crippen MR) is 61.0 cm³/mol. The summed E-state index contributed by atoms with van der Waals surface area (Å²) in [4.78, 5) is 12.1. The first kappa shape index (κ1) is 10.2. The van der Waals surface area contributed by atoms with Crippen LogP contribution >= 0.6 is 15.9 Å². The summed E-state index contributed by atoms with van der Waals surface area (Å²) in [6.45, 7) is 1.85. The molecule has 2 aromatic rings. The van der Waals surface area contributed by atoms with E-state index in [0.29, 0.717) is 11.1 Å². The van der Waals surface area contributed by atoms with Crippen molar-refractivity contribution in [2.45, 2.75) is 6.92 Å². The van der Waals surface area contributed by atoms with Crippen molar-refractivity contribution in [2.24, 2.45) is 0 Å². The number of hydrogen-bond donors (Lipinski definition) is 0. The lowest BCUT2D eigenvalue weighted by molar-refractivity contribution is 0.103. The van der Waals surface area contributed by atoms with Gasteiger partial charge in [0.15, 0.2) is 5.78 Å². The number of rotatable bonds is 2. The van der Waals surface area contributed by atoms with Gasteiger partial charge in [0.05, 0.1) is 11.8 Å². The van der Waals surface area contributed by atoms with Gasteiger partial charge in [-0.05, 0) is 24.6 Å². The maximum absolute atomic E-state index is 12.1. The van der Waals surface area contributed by atoms with Crippen molar-refractivity contribution in [1.29, 1.82) is 0 Å². The number of ketones is 1. The number of halogens is 1. The molecule has 0 spiro atoms. The van der Waals surface area contributed by atoms with Gasteiger partial charge in [0.25, 0.3) is 0 Å². The molecule has 0 aliphatic rings. The first-order valence-electron chi connectivity index (χ1n) is 4.52. The summed E-state index contributed by atoms with van der Waals surface area (Å²) < 4.78 is 5.79. The average molecular weight is 265 g/mol. The number of benzene rings is 1. The second-order valence-corrected chi connectivity index (χ2v) is 4.13. The van der Waals surface area contributed by atoms with Crippen molar-refractivity contribution in [3.8, 4) is 0 Å². The van der Waals surface area contributed by atoms with E-state index >= 15 is 0 Å². The summed E-state index contributed by atoms with van der Waals surface area (Å²) in [7, 11) is 0. The summed E-state index contributed by atoms with van der Waals surface area (Å²) in [5, 5.41) is 0. The van der Waals surface area contributed by atoms with Crippen molar-refractivity contribution in [3.63, 3.8) is 0 Å². The van der Waals surface area contributed by atoms with Crippen LogP contribution in [0, 0.1) is 6.92 Å². The largest absolute Gasteiger partial charge is 0.472 e. The molecular weight excluding hydrogens is 256 g/mol. The monoisotopic (exact) mass is 264 g/mol. The van der Waals surface area contributed by atoms with Crippen LogP contribution in [0.4, 0.5) is 0 Å². The minimum Gasteiger partial charge on any atom is -0.472 e. The SMILES string of the molecule is Cc1cocc1C(=O)c1ccccc1Br. The van der Waals surface area contributed by atoms with Gasteiger partial charge >= 0.3 is 0 Å². The van der Waals surface area contributed by atoms with Crippen LogP contribution in [0.1, 0.15) is 21.5 Å². The predicted octanol–water partition coefficient (Wildman–Crippen LogP) is 3.58. The van der Waals surface area contributed by atoms with Crippen molar-refractivity contribution in [1.82, 2.24) is 0 Å². The van der Waals surface area contributed by atoms with Crippen molar-refractivity contribution in [3.05, 3.63) is 58.0 Å². The Balaban J connectivity index is 2.46. The molecule has 0 fully saturated rings. The van der Waals surface area contributed by atoms with E-state index in [0.717, 1.165) is 10.0 Å². The number of aryl methyl sites for hydroxylation is 1. The zero-order chi connectivity index (χ0) is 10.8. The van der Waals surface area contributed by atoms with E-state index < -0.39 is 0 Å². The Morgan fingerprint density at radius 3 is 2.53 bits per heavy atom. The van der Waals surface area contributed by atoms with Gasteiger partial charge < -0.3 is 4.42 Å². The molecule has 0 amide bonds. The van der Waals surface area contributed by atoms with Crippen LogP contribution in [-0.4, -0.2) is 5.78 Å². The molecule has 2 rings (SSSR count). The summed E-state index contributed by atoms with van der Waals surface area (Å²) in [6, 6.07) is 7.36. The topological polar surface area (TPSA) is 30.2 Å². The van der Waals surface area contributed by atoms with Gasteiger partial charge in [-0.1, -0.05) is 28.1 Å². The van der Waals surface area contributed by atoms with Gasteiger partial charge in [-0.25, -0.2) is 0 Å². The normalized spacial score (nSPS) is 10.3. The fourth-order valence-electron chi connectivity index (χ4n) is 1.38. The molecule has 1 heterocycles. The lowest BCUT2D eigenvalue weighted by Crippen LogP contribution is -2.02. The van der Waals surface area contributed by atoms with Crippen LogP contribution in [0.25, 0.3) is 0 Å². The average Bonchev–Trinajstić information content (AvgIpc) is 2.64. The zero-order valence-corrected chi connectivity index (χ0v) is 9.74. The first-order chi connectivity index (χ1) is 7.20. The minimum absolute atomic E-state index is 0.0197. The highest BCUT2D eigenvalue weighted by atomic mass is 79.9. The molecule has 15 heavy (non-hydrogen) atoms. The van der Waals surface area contributed by atoms with Crippen molar-refractivity contribution in [2.75, 3.05) is 0 Å². The van der Waals surface area contributed by atoms with Crippen molar-refractivity contribution < 1.29 is 9.21 Å². The molecule has 1 aromatic carbocycles. The fraction of sp³-hybridized carbons (Fsp3) is 0.0833. The number of furan rings is 1. The molecule has 0 bridgehead atoms. The molecule has 0 radical (unpaired) electrons.